The number of carbonyl (C=O) groups is 2. The average molecular weight is 515 g/mol. The molecule has 0 saturated carbocycles. The van der Waals surface area contributed by atoms with Gasteiger partial charge < -0.3 is 10.2 Å². The van der Waals surface area contributed by atoms with E-state index < -0.39 is 5.97 Å². The standard InChI is InChI=1S/C14H16N2OS.C7H6O2.C4H10O.C4H10/c1-2-5-12(17)14-16-11-8-9-6-3-4-7-10(9)15-13(11)18-14;8-7(9)6-4-2-1-3-5-6;1-2-3-4-5;1-4(2)3/h8H,2-7H2,1H3;1-5H,(H,8,9);5H,2-4H2,1H3;4H,1-3H3. The molecule has 0 bridgehead atoms. The number of aromatic nitrogens is 2. The number of carbonyl (C=O) groups excluding carboxylic acids is 1. The number of carboxylic acid groups (broad SMARTS) is 1. The van der Waals surface area contributed by atoms with Crippen molar-refractivity contribution in [3.63, 3.8) is 0 Å². The predicted molar refractivity (Wildman–Crippen MR) is 149 cm³/mol. The van der Waals surface area contributed by atoms with Gasteiger partial charge in [0.05, 0.1) is 5.56 Å². The Balaban J connectivity index is 0.000000300. The molecule has 2 N–H and O–H groups in total. The maximum Gasteiger partial charge on any atom is 0.335 e. The first-order valence-electron chi connectivity index (χ1n) is 12.9. The molecule has 1 aromatic carbocycles. The number of hydrogen-bond donors (Lipinski definition) is 2. The molecule has 1 aliphatic carbocycles. The van der Waals surface area contributed by atoms with Gasteiger partial charge in [-0.05, 0) is 68.2 Å². The molecule has 0 unspecified atom stereocenters. The van der Waals surface area contributed by atoms with E-state index in [0.717, 1.165) is 48.4 Å². The van der Waals surface area contributed by atoms with Gasteiger partial charge in [-0.25, -0.2) is 14.8 Å². The van der Waals surface area contributed by atoms with Crippen molar-refractivity contribution in [1.82, 2.24) is 9.97 Å². The second-order valence-corrected chi connectivity index (χ2v) is 10.3. The highest BCUT2D eigenvalue weighted by Gasteiger charge is 2.16. The maximum absolute atomic E-state index is 11.9. The van der Waals surface area contributed by atoms with Gasteiger partial charge in [0.25, 0.3) is 0 Å². The average Bonchev–Trinajstić information content (AvgIpc) is 3.27. The minimum atomic E-state index is -0.879. The highest BCUT2D eigenvalue weighted by atomic mass is 32.1. The highest BCUT2D eigenvalue weighted by Crippen LogP contribution is 2.27. The van der Waals surface area contributed by atoms with Gasteiger partial charge >= 0.3 is 5.97 Å². The molecule has 3 aromatic rings. The molecule has 0 saturated heterocycles. The van der Waals surface area contributed by atoms with Crippen LogP contribution in [0.3, 0.4) is 0 Å². The Morgan fingerprint density at radius 1 is 1.00 bits per heavy atom. The lowest BCUT2D eigenvalue weighted by molar-refractivity contribution is 0.0696. The van der Waals surface area contributed by atoms with Crippen molar-refractivity contribution >= 4 is 33.4 Å². The lowest BCUT2D eigenvalue weighted by Gasteiger charge is -2.13. The maximum atomic E-state index is 11.9. The Kier molecular flexibility index (Phi) is 15.5. The summed E-state index contributed by atoms with van der Waals surface area (Å²) in [6.07, 6.45) is 8.14. The lowest BCUT2D eigenvalue weighted by atomic mass is 9.96. The molecule has 2 heterocycles. The van der Waals surface area contributed by atoms with Gasteiger partial charge in [0.2, 0.25) is 0 Å². The van der Waals surface area contributed by atoms with Crippen LogP contribution in [0.4, 0.5) is 0 Å². The van der Waals surface area contributed by atoms with E-state index in [0.29, 0.717) is 23.6 Å². The zero-order valence-corrected chi connectivity index (χ0v) is 23.2. The van der Waals surface area contributed by atoms with E-state index in [4.69, 9.17) is 10.2 Å². The van der Waals surface area contributed by atoms with E-state index in [-0.39, 0.29) is 5.78 Å². The van der Waals surface area contributed by atoms with E-state index in [1.54, 1.807) is 30.3 Å². The fraction of sp³-hybridized carbons (Fsp3) is 0.517. The monoisotopic (exact) mass is 514 g/mol. The number of benzene rings is 1. The third-order valence-electron chi connectivity index (χ3n) is 4.91. The SMILES string of the molecule is CC(C)C.CCCC(=O)c1nc2cc3c(nc2s1)CCCC3.CCCCO.O=C(O)c1ccccc1. The minimum Gasteiger partial charge on any atom is -0.478 e. The molecule has 1 aliphatic rings. The van der Waals surface area contributed by atoms with Crippen LogP contribution in [0.15, 0.2) is 36.4 Å². The van der Waals surface area contributed by atoms with Crippen molar-refractivity contribution < 1.29 is 19.8 Å². The number of aliphatic hydroxyl groups is 1. The number of unbranched alkanes of at least 4 members (excludes halogenated alkanes) is 1. The van der Waals surface area contributed by atoms with Crippen molar-refractivity contribution in [3.8, 4) is 0 Å². The second-order valence-electron chi connectivity index (χ2n) is 9.30. The summed E-state index contributed by atoms with van der Waals surface area (Å²) in [5.41, 5.74) is 3.78. The third kappa shape index (κ3) is 11.9. The number of fused-ring (bicyclic) bond motifs is 2. The summed E-state index contributed by atoms with van der Waals surface area (Å²) < 4.78 is 0. The Hall–Kier alpha value is -2.64. The highest BCUT2D eigenvalue weighted by molar-refractivity contribution is 7.19. The first kappa shape index (κ1) is 31.4. The third-order valence-corrected chi connectivity index (χ3v) is 5.92. The Morgan fingerprint density at radius 3 is 2.14 bits per heavy atom. The van der Waals surface area contributed by atoms with E-state index in [1.165, 1.54) is 35.4 Å². The number of thiazole rings is 1. The molecule has 0 aliphatic heterocycles. The molecule has 0 fully saturated rings. The van der Waals surface area contributed by atoms with Crippen LogP contribution in [0.2, 0.25) is 0 Å². The van der Waals surface area contributed by atoms with Crippen LogP contribution in [0.1, 0.15) is 105 Å². The number of carboxylic acids is 1. The van der Waals surface area contributed by atoms with E-state index in [1.807, 2.05) is 6.92 Å². The number of Topliss-reactive ketones (excluding diaryl/α,β-unsaturated/α-hetero) is 1. The normalized spacial score (nSPS) is 11.8. The summed E-state index contributed by atoms with van der Waals surface area (Å²) in [4.78, 5) is 32.1. The van der Waals surface area contributed by atoms with Crippen LogP contribution in [-0.2, 0) is 12.8 Å². The predicted octanol–water partition coefficient (Wildman–Crippen LogP) is 7.38. The molecule has 198 valence electrons. The Morgan fingerprint density at radius 2 is 1.64 bits per heavy atom. The molecule has 0 amide bonds. The van der Waals surface area contributed by atoms with Crippen LogP contribution < -0.4 is 0 Å². The van der Waals surface area contributed by atoms with Crippen molar-refractivity contribution in [2.75, 3.05) is 6.61 Å². The lowest BCUT2D eigenvalue weighted by Crippen LogP contribution is -2.04. The zero-order valence-electron chi connectivity index (χ0n) is 22.4. The van der Waals surface area contributed by atoms with Crippen LogP contribution in [0, 0.1) is 5.92 Å². The van der Waals surface area contributed by atoms with Crippen molar-refractivity contribution in [2.45, 2.75) is 86.0 Å². The molecule has 0 atom stereocenters. The molecule has 7 heteroatoms. The molecular formula is C29H42N2O4S. The van der Waals surface area contributed by atoms with E-state index in [2.05, 4.69) is 43.7 Å². The number of pyridine rings is 1. The minimum absolute atomic E-state index is 0.151. The fourth-order valence-electron chi connectivity index (χ4n) is 3.17. The summed E-state index contributed by atoms with van der Waals surface area (Å²) in [6, 6.07) is 10.4. The molecule has 0 radical (unpaired) electrons. The Labute approximate surface area is 219 Å². The summed E-state index contributed by atoms with van der Waals surface area (Å²) in [5, 5.41) is 17.1. The van der Waals surface area contributed by atoms with Gasteiger partial charge in [-0.15, -0.1) is 0 Å². The fourth-order valence-corrected chi connectivity index (χ4v) is 4.08. The van der Waals surface area contributed by atoms with Crippen molar-refractivity contribution in [3.05, 3.63) is 58.2 Å². The number of aliphatic hydroxyl groups excluding tert-OH is 1. The number of aryl methyl sites for hydroxylation is 2. The van der Waals surface area contributed by atoms with E-state index in [9.17, 15) is 9.59 Å². The molecule has 2 aromatic heterocycles. The van der Waals surface area contributed by atoms with Gasteiger partial charge in [0.15, 0.2) is 10.8 Å². The smallest absolute Gasteiger partial charge is 0.335 e. The van der Waals surface area contributed by atoms with Gasteiger partial charge in [0, 0.05) is 18.7 Å². The van der Waals surface area contributed by atoms with E-state index >= 15 is 0 Å². The topological polar surface area (TPSA) is 100 Å². The van der Waals surface area contributed by atoms with Crippen LogP contribution in [0.25, 0.3) is 10.3 Å². The summed E-state index contributed by atoms with van der Waals surface area (Å²) in [5.74, 6) is 0.106. The molecule has 36 heavy (non-hydrogen) atoms. The summed E-state index contributed by atoms with van der Waals surface area (Å²) >= 11 is 1.45. The first-order valence-corrected chi connectivity index (χ1v) is 13.8. The Bertz CT molecular complexity index is 1000. The van der Waals surface area contributed by atoms with Gasteiger partial charge in [0.1, 0.15) is 10.3 Å². The van der Waals surface area contributed by atoms with Crippen LogP contribution in [0.5, 0.6) is 0 Å². The van der Waals surface area contributed by atoms with Gasteiger partial charge in [-0.3, -0.25) is 4.79 Å². The van der Waals surface area contributed by atoms with Gasteiger partial charge in [-0.1, -0.05) is 70.6 Å². The summed E-state index contributed by atoms with van der Waals surface area (Å²) in [7, 11) is 0. The first-order chi connectivity index (χ1) is 17.2. The second kappa shape index (κ2) is 17.7. The number of nitrogens with zero attached hydrogens (tertiary/aromatic N) is 2. The molecule has 0 spiro atoms. The van der Waals surface area contributed by atoms with Crippen molar-refractivity contribution in [1.29, 1.82) is 0 Å². The molecule has 4 rings (SSSR count). The van der Waals surface area contributed by atoms with Crippen LogP contribution in [-0.4, -0.2) is 38.5 Å². The number of aromatic carboxylic acids is 1. The van der Waals surface area contributed by atoms with Crippen molar-refractivity contribution in [2.24, 2.45) is 5.92 Å². The number of rotatable bonds is 6. The quantitative estimate of drug-likeness (QED) is 0.333. The number of hydrogen-bond acceptors (Lipinski definition) is 6. The number of ketones is 1. The largest absolute Gasteiger partial charge is 0.478 e. The molecular weight excluding hydrogens is 472 g/mol. The molecule has 6 nitrogen and oxygen atoms in total. The summed E-state index contributed by atoms with van der Waals surface area (Å²) in [6.45, 7) is 10.9. The zero-order chi connectivity index (χ0) is 26.9. The van der Waals surface area contributed by atoms with Crippen LogP contribution >= 0.6 is 11.3 Å². The van der Waals surface area contributed by atoms with Gasteiger partial charge in [-0.2, -0.15) is 0 Å².